The van der Waals surface area contributed by atoms with Crippen LogP contribution in [0.25, 0.3) is 22.0 Å². The number of anilines is 1. The highest BCUT2D eigenvalue weighted by atomic mass is 35.5. The van der Waals surface area contributed by atoms with Crippen LogP contribution >= 0.6 is 11.6 Å². The van der Waals surface area contributed by atoms with Gasteiger partial charge in [-0.05, 0) is 35.2 Å². The van der Waals surface area contributed by atoms with E-state index in [1.165, 1.54) is 0 Å². The molecule has 1 atom stereocenters. The summed E-state index contributed by atoms with van der Waals surface area (Å²) in [5, 5.41) is 5.10. The zero-order valence-corrected chi connectivity index (χ0v) is 18.4. The maximum absolute atomic E-state index is 13.1. The third-order valence-electron chi connectivity index (χ3n) is 6.00. The van der Waals surface area contributed by atoms with Gasteiger partial charge in [0.05, 0.1) is 17.0 Å². The number of hydrogen-bond donors (Lipinski definition) is 1. The minimum absolute atomic E-state index is 0.155. The molecule has 160 valence electrons. The van der Waals surface area contributed by atoms with Crippen molar-refractivity contribution in [3.05, 3.63) is 95.5 Å². The molecular weight excluding hydrogens is 418 g/mol. The molecule has 3 aromatic carbocycles. The van der Waals surface area contributed by atoms with Crippen molar-refractivity contribution in [2.75, 3.05) is 18.4 Å². The number of pyridine rings is 1. The molecule has 0 bridgehead atoms. The second kappa shape index (κ2) is 9.01. The lowest BCUT2D eigenvalue weighted by Gasteiger charge is -2.19. The van der Waals surface area contributed by atoms with E-state index in [-0.39, 0.29) is 11.9 Å². The SMILES string of the molecule is O=C(Cc1ccccc1-c1ccccc1)N1CCC(Nc2cc(Cl)c3ccccc3n2)C1. The number of rotatable bonds is 5. The predicted molar refractivity (Wildman–Crippen MR) is 131 cm³/mol. The summed E-state index contributed by atoms with van der Waals surface area (Å²) >= 11 is 6.44. The van der Waals surface area contributed by atoms with Crippen LogP contribution < -0.4 is 5.32 Å². The highest BCUT2D eigenvalue weighted by Crippen LogP contribution is 2.27. The van der Waals surface area contributed by atoms with E-state index in [9.17, 15) is 4.79 Å². The van der Waals surface area contributed by atoms with Crippen LogP contribution in [0.2, 0.25) is 5.02 Å². The molecule has 5 rings (SSSR count). The normalized spacial score (nSPS) is 15.8. The first-order chi connectivity index (χ1) is 15.7. The highest BCUT2D eigenvalue weighted by Gasteiger charge is 2.27. The number of carbonyl (C=O) groups is 1. The Morgan fingerprint density at radius 1 is 1.00 bits per heavy atom. The minimum Gasteiger partial charge on any atom is -0.365 e. The molecule has 32 heavy (non-hydrogen) atoms. The molecule has 1 fully saturated rings. The lowest BCUT2D eigenvalue weighted by atomic mass is 9.97. The fraction of sp³-hybridized carbons (Fsp3) is 0.185. The number of hydrogen-bond acceptors (Lipinski definition) is 3. The van der Waals surface area contributed by atoms with Crippen molar-refractivity contribution in [1.29, 1.82) is 0 Å². The third-order valence-corrected chi connectivity index (χ3v) is 6.32. The van der Waals surface area contributed by atoms with E-state index in [4.69, 9.17) is 11.6 Å². The Hall–Kier alpha value is -3.37. The van der Waals surface area contributed by atoms with Crippen molar-refractivity contribution in [3.63, 3.8) is 0 Å². The zero-order chi connectivity index (χ0) is 21.9. The number of benzene rings is 3. The van der Waals surface area contributed by atoms with E-state index in [0.29, 0.717) is 18.0 Å². The first-order valence-electron chi connectivity index (χ1n) is 10.9. The van der Waals surface area contributed by atoms with Gasteiger partial charge in [0.25, 0.3) is 0 Å². The number of nitrogens with one attached hydrogen (secondary N) is 1. The average molecular weight is 442 g/mol. The molecule has 1 amide bonds. The van der Waals surface area contributed by atoms with E-state index in [2.05, 4.69) is 28.5 Å². The van der Waals surface area contributed by atoms with Crippen molar-refractivity contribution >= 4 is 34.2 Å². The van der Waals surface area contributed by atoms with Crippen LogP contribution in [0.15, 0.2) is 84.9 Å². The van der Waals surface area contributed by atoms with Gasteiger partial charge in [-0.1, -0.05) is 84.4 Å². The van der Waals surface area contributed by atoms with Crippen LogP contribution in [-0.4, -0.2) is 34.9 Å². The standard InChI is InChI=1S/C27H24ClN3O/c28-24-17-26(30-25-13-7-6-12-23(24)25)29-21-14-15-31(18-21)27(32)16-20-10-4-5-11-22(20)19-8-2-1-3-9-19/h1-13,17,21H,14-16,18H2,(H,29,30). The van der Waals surface area contributed by atoms with Gasteiger partial charge in [0.2, 0.25) is 5.91 Å². The van der Waals surface area contributed by atoms with E-state index >= 15 is 0 Å². The second-order valence-electron chi connectivity index (χ2n) is 8.18. The van der Waals surface area contributed by atoms with Crippen molar-refractivity contribution in [1.82, 2.24) is 9.88 Å². The van der Waals surface area contributed by atoms with Crippen LogP contribution in [0.5, 0.6) is 0 Å². The fourth-order valence-electron chi connectivity index (χ4n) is 4.37. The number of likely N-dealkylation sites (tertiary alicyclic amines) is 1. The molecule has 5 heteroatoms. The van der Waals surface area contributed by atoms with Gasteiger partial charge in [0.1, 0.15) is 5.82 Å². The third kappa shape index (κ3) is 4.32. The lowest BCUT2D eigenvalue weighted by molar-refractivity contribution is -0.129. The van der Waals surface area contributed by atoms with Gasteiger partial charge in [-0.25, -0.2) is 4.98 Å². The monoisotopic (exact) mass is 441 g/mol. The Bertz CT molecular complexity index is 1260. The number of carbonyl (C=O) groups excluding carboxylic acids is 1. The topological polar surface area (TPSA) is 45.2 Å². The largest absolute Gasteiger partial charge is 0.365 e. The predicted octanol–water partition coefficient (Wildman–Crippen LogP) is 5.81. The van der Waals surface area contributed by atoms with Crippen LogP contribution in [0.3, 0.4) is 0 Å². The van der Waals surface area contributed by atoms with Crippen LogP contribution in [0.1, 0.15) is 12.0 Å². The second-order valence-corrected chi connectivity index (χ2v) is 8.58. The highest BCUT2D eigenvalue weighted by molar-refractivity contribution is 6.35. The van der Waals surface area contributed by atoms with Crippen LogP contribution in [-0.2, 0) is 11.2 Å². The summed E-state index contributed by atoms with van der Waals surface area (Å²) in [6.45, 7) is 1.41. The molecule has 4 nitrogen and oxygen atoms in total. The van der Waals surface area contributed by atoms with Gasteiger partial charge in [-0.15, -0.1) is 0 Å². The van der Waals surface area contributed by atoms with Crippen molar-refractivity contribution in [2.45, 2.75) is 18.9 Å². The summed E-state index contributed by atoms with van der Waals surface area (Å²) in [7, 11) is 0. The van der Waals surface area contributed by atoms with E-state index in [1.54, 1.807) is 0 Å². The average Bonchev–Trinajstić information content (AvgIpc) is 3.29. The summed E-state index contributed by atoms with van der Waals surface area (Å²) in [6.07, 6.45) is 1.29. The molecule has 1 aliphatic heterocycles. The molecule has 2 heterocycles. The van der Waals surface area contributed by atoms with Gasteiger partial charge in [-0.3, -0.25) is 4.79 Å². The van der Waals surface area contributed by atoms with Gasteiger partial charge in [0, 0.05) is 24.5 Å². The minimum atomic E-state index is 0.155. The number of nitrogens with zero attached hydrogens (tertiary/aromatic N) is 2. The van der Waals surface area contributed by atoms with E-state index in [1.807, 2.05) is 71.6 Å². The number of para-hydroxylation sites is 1. The molecule has 1 saturated heterocycles. The maximum atomic E-state index is 13.1. The maximum Gasteiger partial charge on any atom is 0.227 e. The smallest absolute Gasteiger partial charge is 0.227 e. The number of halogens is 1. The van der Waals surface area contributed by atoms with Crippen molar-refractivity contribution in [2.24, 2.45) is 0 Å². The molecular formula is C27H24ClN3O. The zero-order valence-electron chi connectivity index (χ0n) is 17.7. The van der Waals surface area contributed by atoms with Gasteiger partial charge >= 0.3 is 0 Å². The van der Waals surface area contributed by atoms with Crippen LogP contribution in [0.4, 0.5) is 5.82 Å². The quantitative estimate of drug-likeness (QED) is 0.425. The van der Waals surface area contributed by atoms with Gasteiger partial charge in [-0.2, -0.15) is 0 Å². The van der Waals surface area contributed by atoms with Gasteiger partial charge in [0.15, 0.2) is 0 Å². The summed E-state index contributed by atoms with van der Waals surface area (Å²) in [6, 6.07) is 28.2. The molecule has 1 N–H and O–H groups in total. The first-order valence-corrected chi connectivity index (χ1v) is 11.3. The van der Waals surface area contributed by atoms with Crippen LogP contribution in [0, 0.1) is 0 Å². The molecule has 0 saturated carbocycles. The van der Waals surface area contributed by atoms with E-state index in [0.717, 1.165) is 46.4 Å². The first kappa shape index (κ1) is 20.5. The summed E-state index contributed by atoms with van der Waals surface area (Å²) in [4.78, 5) is 19.7. The lowest BCUT2D eigenvalue weighted by Crippen LogP contribution is -2.32. The molecule has 0 aliphatic carbocycles. The molecule has 1 aromatic heterocycles. The number of fused-ring (bicyclic) bond motifs is 1. The van der Waals surface area contributed by atoms with Crippen molar-refractivity contribution in [3.8, 4) is 11.1 Å². The molecule has 0 spiro atoms. The Labute approximate surface area is 192 Å². The number of amides is 1. The number of aromatic nitrogens is 1. The summed E-state index contributed by atoms with van der Waals surface area (Å²) in [5.74, 6) is 0.907. The Balaban J connectivity index is 1.26. The molecule has 4 aromatic rings. The molecule has 0 radical (unpaired) electrons. The van der Waals surface area contributed by atoms with E-state index < -0.39 is 0 Å². The Kier molecular flexibility index (Phi) is 5.78. The van der Waals surface area contributed by atoms with Crippen molar-refractivity contribution < 1.29 is 4.79 Å². The van der Waals surface area contributed by atoms with Gasteiger partial charge < -0.3 is 10.2 Å². The Morgan fingerprint density at radius 3 is 2.62 bits per heavy atom. The molecule has 1 unspecified atom stereocenters. The summed E-state index contributed by atoms with van der Waals surface area (Å²) in [5.41, 5.74) is 4.18. The molecule has 1 aliphatic rings. The Morgan fingerprint density at radius 2 is 1.75 bits per heavy atom. The fourth-order valence-corrected chi connectivity index (χ4v) is 4.63. The summed E-state index contributed by atoms with van der Waals surface area (Å²) < 4.78 is 0.